The third-order valence-corrected chi connectivity index (χ3v) is 4.81. The van der Waals surface area contributed by atoms with Gasteiger partial charge in [-0.15, -0.1) is 0 Å². The second-order valence-corrected chi connectivity index (χ2v) is 6.94. The van der Waals surface area contributed by atoms with E-state index in [2.05, 4.69) is 17.0 Å². The molecular weight excluding hydrogens is 338 g/mol. The van der Waals surface area contributed by atoms with Crippen LogP contribution in [0.25, 0.3) is 11.0 Å². The molecule has 0 saturated heterocycles. The van der Waals surface area contributed by atoms with Crippen LogP contribution in [0.2, 0.25) is 5.02 Å². The lowest BCUT2D eigenvalue weighted by molar-refractivity contribution is 0.0881. The zero-order valence-corrected chi connectivity index (χ0v) is 14.9. The molecule has 0 bridgehead atoms. The second-order valence-electron chi connectivity index (χ2n) is 6.51. The standard InChI is InChI=1S/C20H18ClNO3/c1-12-6-18(23)25-20-13(2)19-15(8-17(12)20)10-22(11-24-19)9-14-4-3-5-16(21)7-14/h3-8H,9-11H2,1-2H3. The summed E-state index contributed by atoms with van der Waals surface area (Å²) in [4.78, 5) is 13.9. The molecule has 0 aliphatic carbocycles. The minimum atomic E-state index is -0.327. The largest absolute Gasteiger partial charge is 0.477 e. The van der Waals surface area contributed by atoms with Crippen molar-refractivity contribution in [3.8, 4) is 5.75 Å². The zero-order chi connectivity index (χ0) is 17.6. The first-order chi connectivity index (χ1) is 12.0. The molecule has 1 aliphatic rings. The summed E-state index contributed by atoms with van der Waals surface area (Å²) in [6.45, 7) is 5.90. The summed E-state index contributed by atoms with van der Waals surface area (Å²) in [5.74, 6) is 0.823. The summed E-state index contributed by atoms with van der Waals surface area (Å²) in [5, 5.41) is 1.70. The summed E-state index contributed by atoms with van der Waals surface area (Å²) in [7, 11) is 0. The molecule has 3 aromatic rings. The molecule has 0 spiro atoms. The van der Waals surface area contributed by atoms with Gasteiger partial charge < -0.3 is 9.15 Å². The highest BCUT2D eigenvalue weighted by Crippen LogP contribution is 2.35. The first kappa shape index (κ1) is 16.2. The van der Waals surface area contributed by atoms with Gasteiger partial charge in [0.25, 0.3) is 0 Å². The number of benzene rings is 2. The molecule has 0 atom stereocenters. The van der Waals surface area contributed by atoms with Crippen molar-refractivity contribution in [2.45, 2.75) is 26.9 Å². The lowest BCUT2D eigenvalue weighted by atomic mass is 10.0. The number of rotatable bonds is 2. The Morgan fingerprint density at radius 3 is 2.84 bits per heavy atom. The maximum Gasteiger partial charge on any atom is 0.336 e. The average molecular weight is 356 g/mol. The summed E-state index contributed by atoms with van der Waals surface area (Å²) in [5.41, 5.74) is 4.35. The Bertz CT molecular complexity index is 1030. The van der Waals surface area contributed by atoms with Crippen molar-refractivity contribution >= 4 is 22.6 Å². The van der Waals surface area contributed by atoms with Crippen LogP contribution in [-0.4, -0.2) is 11.6 Å². The van der Waals surface area contributed by atoms with E-state index in [0.29, 0.717) is 12.3 Å². The number of aryl methyl sites for hydroxylation is 2. The Morgan fingerprint density at radius 1 is 1.20 bits per heavy atom. The smallest absolute Gasteiger partial charge is 0.336 e. The van der Waals surface area contributed by atoms with E-state index in [1.54, 1.807) is 0 Å². The van der Waals surface area contributed by atoms with Crippen LogP contribution in [-0.2, 0) is 13.1 Å². The van der Waals surface area contributed by atoms with Crippen LogP contribution in [0.5, 0.6) is 5.75 Å². The average Bonchev–Trinajstić information content (AvgIpc) is 2.56. The SMILES string of the molecule is Cc1cc(=O)oc2c(C)c3c(cc12)CN(Cc1cccc(Cl)c1)CO3. The van der Waals surface area contributed by atoms with Gasteiger partial charge in [-0.3, -0.25) is 4.90 Å². The normalized spacial score (nSPS) is 14.4. The number of hydrogen-bond donors (Lipinski definition) is 0. The number of nitrogens with zero attached hydrogens (tertiary/aromatic N) is 1. The highest BCUT2D eigenvalue weighted by atomic mass is 35.5. The van der Waals surface area contributed by atoms with Gasteiger partial charge in [-0.1, -0.05) is 23.7 Å². The first-order valence-electron chi connectivity index (χ1n) is 8.18. The fourth-order valence-corrected chi connectivity index (χ4v) is 3.63. The molecule has 0 N–H and O–H groups in total. The molecule has 0 fully saturated rings. The molecule has 0 amide bonds. The summed E-state index contributed by atoms with van der Waals surface area (Å²) in [6, 6.07) is 11.5. The zero-order valence-electron chi connectivity index (χ0n) is 14.1. The Balaban J connectivity index is 1.70. The lowest BCUT2D eigenvalue weighted by Crippen LogP contribution is -2.32. The predicted molar refractivity (Wildman–Crippen MR) is 98.2 cm³/mol. The molecule has 2 aromatic carbocycles. The monoisotopic (exact) mass is 355 g/mol. The Labute approximate surface area is 150 Å². The van der Waals surface area contributed by atoms with Crippen LogP contribution >= 0.6 is 11.6 Å². The van der Waals surface area contributed by atoms with Crippen molar-refractivity contribution in [1.82, 2.24) is 4.90 Å². The fraction of sp³-hybridized carbons (Fsp3) is 0.250. The molecule has 0 radical (unpaired) electrons. The second kappa shape index (κ2) is 6.21. The fourth-order valence-electron chi connectivity index (χ4n) is 3.42. The van der Waals surface area contributed by atoms with Crippen LogP contribution < -0.4 is 10.4 Å². The van der Waals surface area contributed by atoms with Crippen molar-refractivity contribution in [2.75, 3.05) is 6.73 Å². The van der Waals surface area contributed by atoms with E-state index in [4.69, 9.17) is 20.8 Å². The molecule has 1 aromatic heterocycles. The Kier molecular flexibility index (Phi) is 4.02. The minimum absolute atomic E-state index is 0.327. The van der Waals surface area contributed by atoms with Crippen LogP contribution in [0, 0.1) is 13.8 Å². The van der Waals surface area contributed by atoms with E-state index >= 15 is 0 Å². The molecule has 1 aliphatic heterocycles. The number of hydrogen-bond acceptors (Lipinski definition) is 4. The van der Waals surface area contributed by atoms with E-state index in [9.17, 15) is 4.79 Å². The molecule has 25 heavy (non-hydrogen) atoms. The van der Waals surface area contributed by atoms with Gasteiger partial charge in [-0.2, -0.15) is 0 Å². The maximum absolute atomic E-state index is 11.7. The van der Waals surface area contributed by atoms with Crippen molar-refractivity contribution in [3.05, 3.63) is 74.1 Å². The molecule has 2 heterocycles. The highest BCUT2D eigenvalue weighted by molar-refractivity contribution is 6.30. The van der Waals surface area contributed by atoms with Crippen LogP contribution in [0.4, 0.5) is 0 Å². The van der Waals surface area contributed by atoms with Gasteiger partial charge in [0.1, 0.15) is 18.1 Å². The molecule has 5 heteroatoms. The maximum atomic E-state index is 11.7. The minimum Gasteiger partial charge on any atom is -0.477 e. The number of fused-ring (bicyclic) bond motifs is 2. The van der Waals surface area contributed by atoms with Crippen LogP contribution in [0.1, 0.15) is 22.3 Å². The van der Waals surface area contributed by atoms with Gasteiger partial charge in [0.05, 0.1) is 0 Å². The number of halogens is 1. The van der Waals surface area contributed by atoms with Gasteiger partial charge in [-0.25, -0.2) is 4.79 Å². The summed E-state index contributed by atoms with van der Waals surface area (Å²) < 4.78 is 11.4. The van der Waals surface area contributed by atoms with Crippen molar-refractivity contribution in [2.24, 2.45) is 0 Å². The van der Waals surface area contributed by atoms with Gasteiger partial charge in [0.2, 0.25) is 0 Å². The van der Waals surface area contributed by atoms with E-state index in [-0.39, 0.29) is 5.63 Å². The van der Waals surface area contributed by atoms with Crippen molar-refractivity contribution in [3.63, 3.8) is 0 Å². The van der Waals surface area contributed by atoms with Crippen molar-refractivity contribution in [1.29, 1.82) is 0 Å². The summed E-state index contributed by atoms with van der Waals surface area (Å²) >= 11 is 6.07. The Hall–Kier alpha value is -2.30. The third-order valence-electron chi connectivity index (χ3n) is 4.58. The molecule has 4 rings (SSSR count). The molecule has 0 saturated carbocycles. The van der Waals surface area contributed by atoms with Gasteiger partial charge in [0.15, 0.2) is 0 Å². The predicted octanol–water partition coefficient (Wildman–Crippen LogP) is 4.42. The van der Waals surface area contributed by atoms with Gasteiger partial charge in [0, 0.05) is 40.7 Å². The Morgan fingerprint density at radius 2 is 2.04 bits per heavy atom. The molecule has 4 nitrogen and oxygen atoms in total. The number of ether oxygens (including phenoxy) is 1. The third kappa shape index (κ3) is 3.03. The first-order valence-corrected chi connectivity index (χ1v) is 8.55. The molecule has 0 unspecified atom stereocenters. The topological polar surface area (TPSA) is 42.7 Å². The van der Waals surface area contributed by atoms with Gasteiger partial charge in [-0.05, 0) is 43.2 Å². The van der Waals surface area contributed by atoms with E-state index in [0.717, 1.165) is 51.5 Å². The summed E-state index contributed by atoms with van der Waals surface area (Å²) in [6.07, 6.45) is 0. The van der Waals surface area contributed by atoms with E-state index in [1.807, 2.05) is 32.0 Å². The van der Waals surface area contributed by atoms with E-state index < -0.39 is 0 Å². The van der Waals surface area contributed by atoms with Crippen LogP contribution in [0.3, 0.4) is 0 Å². The van der Waals surface area contributed by atoms with E-state index in [1.165, 1.54) is 6.07 Å². The molecule has 128 valence electrons. The van der Waals surface area contributed by atoms with Crippen LogP contribution in [0.15, 0.2) is 45.6 Å². The quantitative estimate of drug-likeness (QED) is 0.638. The molecular formula is C20H18ClNO3. The van der Waals surface area contributed by atoms with Gasteiger partial charge >= 0.3 is 5.63 Å². The van der Waals surface area contributed by atoms with Crippen molar-refractivity contribution < 1.29 is 9.15 Å². The highest BCUT2D eigenvalue weighted by Gasteiger charge is 2.22. The lowest BCUT2D eigenvalue weighted by Gasteiger charge is -2.30.